The van der Waals surface area contributed by atoms with Gasteiger partial charge in [-0.25, -0.2) is 9.78 Å². The van der Waals surface area contributed by atoms with E-state index in [1.54, 1.807) is 0 Å². The van der Waals surface area contributed by atoms with Crippen LogP contribution in [0.15, 0.2) is 79.1 Å². The maximum atomic E-state index is 12.0. The minimum atomic E-state index is -0.614. The highest BCUT2D eigenvalue weighted by Crippen LogP contribution is 2.39. The predicted octanol–water partition coefficient (Wildman–Crippen LogP) is 4.92. The zero-order valence-electron chi connectivity index (χ0n) is 20.1. The van der Waals surface area contributed by atoms with Gasteiger partial charge in [0.1, 0.15) is 0 Å². The number of fused-ring (bicyclic) bond motifs is 1. The normalized spacial score (nSPS) is 19.8. The van der Waals surface area contributed by atoms with Gasteiger partial charge in [0.05, 0.1) is 42.7 Å². The van der Waals surface area contributed by atoms with E-state index in [0.717, 1.165) is 27.7 Å². The number of ether oxygens (including phenoxy) is 2. The Morgan fingerprint density at radius 2 is 1.89 bits per heavy atom. The number of carbonyl (C=O) groups excluding carboxylic acids is 1. The van der Waals surface area contributed by atoms with Crippen LogP contribution in [0.2, 0.25) is 0 Å². The third-order valence-electron chi connectivity index (χ3n) is 6.30. The summed E-state index contributed by atoms with van der Waals surface area (Å²) in [5, 5.41) is 15.0. The summed E-state index contributed by atoms with van der Waals surface area (Å²) < 4.78 is 15.0. The number of aromatic nitrogens is 2. The molecule has 1 saturated heterocycles. The number of rotatable bonds is 7. The molecule has 1 fully saturated rings. The Morgan fingerprint density at radius 1 is 1.06 bits per heavy atom. The number of imidazole rings is 1. The SMILES string of the molecule is CCNC(=O)Nc1cccc([C@H]2O[C@@H](Cn3cnc4ccccc43)C[C@@H](c3ccc(CO)cc3)O2)c1. The predicted molar refractivity (Wildman–Crippen MR) is 137 cm³/mol. The maximum absolute atomic E-state index is 12.0. The molecule has 0 spiro atoms. The molecule has 8 heteroatoms. The molecule has 2 heterocycles. The van der Waals surface area contributed by atoms with Gasteiger partial charge in [0.25, 0.3) is 0 Å². The second-order valence-electron chi connectivity index (χ2n) is 8.85. The van der Waals surface area contributed by atoms with Crippen LogP contribution < -0.4 is 10.6 Å². The van der Waals surface area contributed by atoms with Crippen molar-refractivity contribution in [3.8, 4) is 0 Å². The Kier molecular flexibility index (Phi) is 7.27. The number of nitrogens with one attached hydrogen (secondary N) is 2. The summed E-state index contributed by atoms with van der Waals surface area (Å²) in [5.41, 5.74) is 5.37. The monoisotopic (exact) mass is 486 g/mol. The zero-order chi connectivity index (χ0) is 24.9. The van der Waals surface area contributed by atoms with Crippen molar-refractivity contribution in [2.45, 2.75) is 45.0 Å². The lowest BCUT2D eigenvalue weighted by atomic mass is 10.00. The summed E-state index contributed by atoms with van der Waals surface area (Å²) in [5.74, 6) is 0. The zero-order valence-corrected chi connectivity index (χ0v) is 20.1. The van der Waals surface area contributed by atoms with Gasteiger partial charge >= 0.3 is 6.03 Å². The number of hydrogen-bond donors (Lipinski definition) is 3. The second-order valence-corrected chi connectivity index (χ2v) is 8.85. The smallest absolute Gasteiger partial charge is 0.319 e. The molecule has 186 valence electrons. The first-order valence-corrected chi connectivity index (χ1v) is 12.2. The first-order valence-electron chi connectivity index (χ1n) is 12.2. The van der Waals surface area contributed by atoms with E-state index in [4.69, 9.17) is 9.47 Å². The molecule has 0 unspecified atom stereocenters. The van der Waals surface area contributed by atoms with E-state index in [1.165, 1.54) is 0 Å². The number of urea groups is 1. The Bertz CT molecular complexity index is 1320. The molecular weight excluding hydrogens is 456 g/mol. The first-order chi connectivity index (χ1) is 17.6. The summed E-state index contributed by atoms with van der Waals surface area (Å²) >= 11 is 0. The molecular formula is C28H30N4O4. The topological polar surface area (TPSA) is 97.6 Å². The molecule has 3 atom stereocenters. The average molecular weight is 487 g/mol. The van der Waals surface area contributed by atoms with E-state index in [0.29, 0.717) is 25.2 Å². The van der Waals surface area contributed by atoms with Crippen LogP contribution in [-0.2, 0) is 22.6 Å². The average Bonchev–Trinajstić information content (AvgIpc) is 3.31. The molecule has 0 saturated carbocycles. The fraction of sp³-hybridized carbons (Fsp3) is 0.286. The lowest BCUT2D eigenvalue weighted by Gasteiger charge is -2.36. The Morgan fingerprint density at radius 3 is 2.69 bits per heavy atom. The van der Waals surface area contributed by atoms with Crippen molar-refractivity contribution in [1.82, 2.24) is 14.9 Å². The molecule has 0 bridgehead atoms. The maximum Gasteiger partial charge on any atom is 0.319 e. The number of amides is 2. The van der Waals surface area contributed by atoms with Crippen LogP contribution in [0.3, 0.4) is 0 Å². The summed E-state index contributed by atoms with van der Waals surface area (Å²) in [6, 6.07) is 23.1. The summed E-state index contributed by atoms with van der Waals surface area (Å²) in [6.07, 6.45) is 1.57. The first kappa shape index (κ1) is 24.0. The molecule has 8 nitrogen and oxygen atoms in total. The minimum Gasteiger partial charge on any atom is -0.392 e. The molecule has 1 aliphatic rings. The number of aliphatic hydroxyl groups is 1. The van der Waals surface area contributed by atoms with Crippen LogP contribution in [0.5, 0.6) is 0 Å². The van der Waals surface area contributed by atoms with E-state index >= 15 is 0 Å². The molecule has 2 amide bonds. The van der Waals surface area contributed by atoms with Gasteiger partial charge in [-0.3, -0.25) is 0 Å². The van der Waals surface area contributed by atoms with Crippen molar-refractivity contribution < 1.29 is 19.4 Å². The quantitative estimate of drug-likeness (QED) is 0.345. The van der Waals surface area contributed by atoms with Crippen LogP contribution in [0.4, 0.5) is 10.5 Å². The number of carbonyl (C=O) groups is 1. The highest BCUT2D eigenvalue weighted by Gasteiger charge is 2.32. The lowest BCUT2D eigenvalue weighted by Crippen LogP contribution is -2.32. The molecule has 3 aromatic carbocycles. The van der Waals surface area contributed by atoms with Gasteiger partial charge in [-0.15, -0.1) is 0 Å². The lowest BCUT2D eigenvalue weighted by molar-refractivity contribution is -0.252. The van der Waals surface area contributed by atoms with E-state index < -0.39 is 6.29 Å². The summed E-state index contributed by atoms with van der Waals surface area (Å²) in [6.45, 7) is 3.04. The van der Waals surface area contributed by atoms with Gasteiger partial charge < -0.3 is 29.8 Å². The number of aliphatic hydroxyl groups excluding tert-OH is 1. The minimum absolute atomic E-state index is 0.000725. The Hall–Kier alpha value is -3.72. The van der Waals surface area contributed by atoms with E-state index in [9.17, 15) is 9.90 Å². The van der Waals surface area contributed by atoms with Crippen LogP contribution in [0.1, 0.15) is 42.4 Å². The van der Waals surface area contributed by atoms with Crippen LogP contribution >= 0.6 is 0 Å². The number of anilines is 1. The van der Waals surface area contributed by atoms with Gasteiger partial charge in [0, 0.05) is 24.2 Å². The highest BCUT2D eigenvalue weighted by atomic mass is 16.7. The molecule has 4 aromatic rings. The van der Waals surface area contributed by atoms with Crippen molar-refractivity contribution >= 4 is 22.8 Å². The van der Waals surface area contributed by atoms with Gasteiger partial charge in [-0.1, -0.05) is 48.5 Å². The molecule has 1 aromatic heterocycles. The summed E-state index contributed by atoms with van der Waals surface area (Å²) in [7, 11) is 0. The van der Waals surface area contributed by atoms with Crippen molar-refractivity contribution in [3.63, 3.8) is 0 Å². The van der Waals surface area contributed by atoms with Crippen molar-refractivity contribution in [2.24, 2.45) is 0 Å². The molecule has 0 aliphatic carbocycles. The van der Waals surface area contributed by atoms with E-state index in [2.05, 4.69) is 26.3 Å². The van der Waals surface area contributed by atoms with Gasteiger partial charge in [0.2, 0.25) is 0 Å². The third kappa shape index (κ3) is 5.41. The fourth-order valence-corrected chi connectivity index (χ4v) is 4.51. The number of hydrogen-bond acceptors (Lipinski definition) is 5. The number of benzene rings is 3. The van der Waals surface area contributed by atoms with Crippen LogP contribution in [0, 0.1) is 0 Å². The van der Waals surface area contributed by atoms with Gasteiger partial charge in [-0.2, -0.15) is 0 Å². The fourth-order valence-electron chi connectivity index (χ4n) is 4.51. The highest BCUT2D eigenvalue weighted by molar-refractivity contribution is 5.89. The van der Waals surface area contributed by atoms with Crippen molar-refractivity contribution in [3.05, 3.63) is 95.8 Å². The third-order valence-corrected chi connectivity index (χ3v) is 6.30. The Balaban J connectivity index is 1.41. The molecule has 36 heavy (non-hydrogen) atoms. The van der Waals surface area contributed by atoms with E-state index in [1.807, 2.05) is 80.0 Å². The van der Waals surface area contributed by atoms with E-state index in [-0.39, 0.29) is 24.8 Å². The number of nitrogens with zero attached hydrogens (tertiary/aromatic N) is 2. The van der Waals surface area contributed by atoms with Crippen LogP contribution in [-0.4, -0.2) is 33.3 Å². The Labute approximate surface area is 209 Å². The molecule has 0 radical (unpaired) electrons. The molecule has 1 aliphatic heterocycles. The largest absolute Gasteiger partial charge is 0.392 e. The standard InChI is InChI=1S/C28H30N4O4/c1-2-29-28(34)31-22-7-5-6-21(14-22)27-35-23(16-32-18-30-24-8-3-4-9-25(24)32)15-26(36-27)20-12-10-19(17-33)11-13-20/h3-14,18,23,26-27,33H,2,15-17H2,1H3,(H2,29,31,34)/t23-,26+,27+/m1/s1. The molecule has 5 rings (SSSR count). The van der Waals surface area contributed by atoms with Crippen molar-refractivity contribution in [1.29, 1.82) is 0 Å². The summed E-state index contributed by atoms with van der Waals surface area (Å²) in [4.78, 5) is 16.5. The number of para-hydroxylation sites is 2. The van der Waals surface area contributed by atoms with Gasteiger partial charge in [0.15, 0.2) is 6.29 Å². The van der Waals surface area contributed by atoms with Gasteiger partial charge in [-0.05, 0) is 42.3 Å². The van der Waals surface area contributed by atoms with Crippen molar-refractivity contribution in [2.75, 3.05) is 11.9 Å². The van der Waals surface area contributed by atoms with Crippen LogP contribution in [0.25, 0.3) is 11.0 Å². The second kappa shape index (κ2) is 10.9. The molecule has 3 N–H and O–H groups in total.